The van der Waals surface area contributed by atoms with Gasteiger partial charge >= 0.3 is 0 Å². The number of rotatable bonds is 3. The van der Waals surface area contributed by atoms with E-state index in [1.54, 1.807) is 0 Å². The second kappa shape index (κ2) is 4.25. The molecule has 0 radical (unpaired) electrons. The molecule has 1 heterocycles. The third kappa shape index (κ3) is 2.72. The van der Waals surface area contributed by atoms with Gasteiger partial charge in [-0.25, -0.2) is 0 Å². The molecule has 0 aromatic rings. The average Bonchev–Trinajstić information content (AvgIpc) is 2.47. The van der Waals surface area contributed by atoms with Gasteiger partial charge in [-0.1, -0.05) is 13.8 Å². The van der Waals surface area contributed by atoms with E-state index in [2.05, 4.69) is 10.6 Å². The van der Waals surface area contributed by atoms with Crippen LogP contribution in [0.15, 0.2) is 0 Å². The van der Waals surface area contributed by atoms with E-state index in [-0.39, 0.29) is 23.7 Å². The van der Waals surface area contributed by atoms with Crippen molar-refractivity contribution in [2.75, 3.05) is 13.1 Å². The second-order valence-corrected chi connectivity index (χ2v) is 3.68. The minimum atomic E-state index is -0.0253. The Kier molecular flexibility index (Phi) is 3.28. The standard InChI is InChI=1S/C9H16N2O2/c1-6(2)8(12)11-5-7-3-4-10-9(7)13/h6-7H,3-5H2,1-2H3,(H,10,13)(H,11,12). The molecule has 0 aromatic carbocycles. The Morgan fingerprint density at radius 3 is 2.85 bits per heavy atom. The third-order valence-electron chi connectivity index (χ3n) is 2.21. The molecule has 1 atom stereocenters. The van der Waals surface area contributed by atoms with Gasteiger partial charge in [0, 0.05) is 19.0 Å². The van der Waals surface area contributed by atoms with Crippen molar-refractivity contribution >= 4 is 11.8 Å². The van der Waals surface area contributed by atoms with Crippen molar-refractivity contribution in [2.24, 2.45) is 11.8 Å². The van der Waals surface area contributed by atoms with Gasteiger partial charge in [0.2, 0.25) is 11.8 Å². The van der Waals surface area contributed by atoms with Gasteiger partial charge in [0.15, 0.2) is 0 Å². The summed E-state index contributed by atoms with van der Waals surface area (Å²) in [5, 5.41) is 5.49. The van der Waals surface area contributed by atoms with Gasteiger partial charge in [0.05, 0.1) is 5.92 Å². The van der Waals surface area contributed by atoms with Gasteiger partial charge in [-0.05, 0) is 6.42 Å². The lowest BCUT2D eigenvalue weighted by molar-refractivity contribution is -0.125. The number of hydrogen-bond acceptors (Lipinski definition) is 2. The fourth-order valence-electron chi connectivity index (χ4n) is 1.27. The van der Waals surface area contributed by atoms with Crippen LogP contribution in [0.4, 0.5) is 0 Å². The monoisotopic (exact) mass is 184 g/mol. The minimum absolute atomic E-state index is 0.00976. The maximum atomic E-state index is 11.2. The summed E-state index contributed by atoms with van der Waals surface area (Å²) in [5.74, 6) is 0.0379. The highest BCUT2D eigenvalue weighted by Crippen LogP contribution is 2.07. The molecule has 4 nitrogen and oxygen atoms in total. The fraction of sp³-hybridized carbons (Fsp3) is 0.778. The lowest BCUT2D eigenvalue weighted by Crippen LogP contribution is -2.35. The molecule has 1 aliphatic heterocycles. The summed E-state index contributed by atoms with van der Waals surface area (Å²) in [5.41, 5.74) is 0. The summed E-state index contributed by atoms with van der Waals surface area (Å²) >= 11 is 0. The first kappa shape index (κ1) is 10.0. The van der Waals surface area contributed by atoms with Crippen LogP contribution in [0.25, 0.3) is 0 Å². The molecule has 2 N–H and O–H groups in total. The van der Waals surface area contributed by atoms with Crippen molar-refractivity contribution in [2.45, 2.75) is 20.3 Å². The molecule has 0 aromatic heterocycles. The predicted octanol–water partition coefficient (Wildman–Crippen LogP) is -0.105. The maximum absolute atomic E-state index is 11.2. The molecule has 1 saturated heterocycles. The summed E-state index contributed by atoms with van der Waals surface area (Å²) in [6.07, 6.45) is 0.831. The fourth-order valence-corrected chi connectivity index (χ4v) is 1.27. The van der Waals surface area contributed by atoms with E-state index in [9.17, 15) is 9.59 Å². The van der Waals surface area contributed by atoms with Crippen molar-refractivity contribution in [3.63, 3.8) is 0 Å². The second-order valence-electron chi connectivity index (χ2n) is 3.68. The topological polar surface area (TPSA) is 58.2 Å². The molecule has 0 spiro atoms. The van der Waals surface area contributed by atoms with Crippen molar-refractivity contribution in [1.82, 2.24) is 10.6 Å². The molecule has 0 aliphatic carbocycles. The molecule has 0 saturated carbocycles. The quantitative estimate of drug-likeness (QED) is 0.643. The first-order valence-electron chi connectivity index (χ1n) is 4.66. The third-order valence-corrected chi connectivity index (χ3v) is 2.21. The largest absolute Gasteiger partial charge is 0.356 e. The molecule has 0 bridgehead atoms. The van der Waals surface area contributed by atoms with E-state index < -0.39 is 0 Å². The predicted molar refractivity (Wildman–Crippen MR) is 49.0 cm³/mol. The smallest absolute Gasteiger partial charge is 0.224 e. The summed E-state index contributed by atoms with van der Waals surface area (Å²) in [4.78, 5) is 22.3. The molecule has 1 fully saturated rings. The molecule has 1 unspecified atom stereocenters. The molecule has 1 rings (SSSR count). The zero-order valence-corrected chi connectivity index (χ0v) is 8.09. The average molecular weight is 184 g/mol. The normalized spacial score (nSPS) is 21.8. The van der Waals surface area contributed by atoms with Crippen molar-refractivity contribution in [3.05, 3.63) is 0 Å². The Balaban J connectivity index is 2.26. The SMILES string of the molecule is CC(C)C(=O)NCC1CCNC1=O. The number of amides is 2. The van der Waals surface area contributed by atoms with Crippen LogP contribution in [0.3, 0.4) is 0 Å². The van der Waals surface area contributed by atoms with E-state index in [0.29, 0.717) is 6.54 Å². The van der Waals surface area contributed by atoms with Crippen LogP contribution in [0.5, 0.6) is 0 Å². The Morgan fingerprint density at radius 2 is 2.38 bits per heavy atom. The first-order chi connectivity index (χ1) is 6.11. The van der Waals surface area contributed by atoms with Crippen molar-refractivity contribution in [3.8, 4) is 0 Å². The van der Waals surface area contributed by atoms with Crippen LogP contribution in [-0.4, -0.2) is 24.9 Å². The van der Waals surface area contributed by atoms with E-state index in [0.717, 1.165) is 13.0 Å². The van der Waals surface area contributed by atoms with Gasteiger partial charge in [-0.3, -0.25) is 9.59 Å². The van der Waals surface area contributed by atoms with Crippen LogP contribution >= 0.6 is 0 Å². The number of carbonyl (C=O) groups is 2. The van der Waals surface area contributed by atoms with Gasteiger partial charge in [-0.15, -0.1) is 0 Å². The number of nitrogens with one attached hydrogen (secondary N) is 2. The van der Waals surface area contributed by atoms with Crippen LogP contribution in [0.1, 0.15) is 20.3 Å². The molecular formula is C9H16N2O2. The molecule has 74 valence electrons. The summed E-state index contributed by atoms with van der Waals surface area (Å²) in [6, 6.07) is 0. The zero-order chi connectivity index (χ0) is 9.84. The van der Waals surface area contributed by atoms with Gasteiger partial charge in [0.25, 0.3) is 0 Å². The highest BCUT2D eigenvalue weighted by atomic mass is 16.2. The van der Waals surface area contributed by atoms with Crippen molar-refractivity contribution in [1.29, 1.82) is 0 Å². The van der Waals surface area contributed by atoms with Crippen LogP contribution < -0.4 is 10.6 Å². The van der Waals surface area contributed by atoms with Crippen LogP contribution in [0, 0.1) is 11.8 Å². The van der Waals surface area contributed by atoms with E-state index in [1.165, 1.54) is 0 Å². The summed E-state index contributed by atoms with van der Waals surface area (Å²) in [6.45, 7) is 4.89. The molecular weight excluding hydrogens is 168 g/mol. The minimum Gasteiger partial charge on any atom is -0.356 e. The van der Waals surface area contributed by atoms with Gasteiger partial charge < -0.3 is 10.6 Å². The summed E-state index contributed by atoms with van der Waals surface area (Å²) in [7, 11) is 0. The highest BCUT2D eigenvalue weighted by Gasteiger charge is 2.24. The summed E-state index contributed by atoms with van der Waals surface area (Å²) < 4.78 is 0. The molecule has 4 heteroatoms. The van der Waals surface area contributed by atoms with Gasteiger partial charge in [0.1, 0.15) is 0 Å². The lowest BCUT2D eigenvalue weighted by Gasteiger charge is -2.10. The Bertz CT molecular complexity index is 214. The Hall–Kier alpha value is -1.06. The lowest BCUT2D eigenvalue weighted by atomic mass is 10.1. The maximum Gasteiger partial charge on any atom is 0.224 e. The first-order valence-corrected chi connectivity index (χ1v) is 4.66. The zero-order valence-electron chi connectivity index (χ0n) is 8.09. The van der Waals surface area contributed by atoms with Gasteiger partial charge in [-0.2, -0.15) is 0 Å². The van der Waals surface area contributed by atoms with E-state index >= 15 is 0 Å². The van der Waals surface area contributed by atoms with Crippen LogP contribution in [-0.2, 0) is 9.59 Å². The molecule has 2 amide bonds. The van der Waals surface area contributed by atoms with E-state index in [4.69, 9.17) is 0 Å². The molecule has 1 aliphatic rings. The number of carbonyl (C=O) groups excluding carboxylic acids is 2. The Morgan fingerprint density at radius 1 is 1.69 bits per heavy atom. The Labute approximate surface area is 78.1 Å². The molecule has 13 heavy (non-hydrogen) atoms. The van der Waals surface area contributed by atoms with Crippen LogP contribution in [0.2, 0.25) is 0 Å². The van der Waals surface area contributed by atoms with E-state index in [1.807, 2.05) is 13.8 Å². The highest BCUT2D eigenvalue weighted by molar-refractivity contribution is 5.82. The van der Waals surface area contributed by atoms with Crippen molar-refractivity contribution < 1.29 is 9.59 Å². The number of hydrogen-bond donors (Lipinski definition) is 2.